The maximum Gasteiger partial charge on any atom is 0.268 e. The number of β-lactam (4-membered cyclic amide) rings is 1. The number of carbonyl (C=O) groups is 3. The topological polar surface area (TPSA) is 90.4 Å². The first-order valence-corrected chi connectivity index (χ1v) is 17.1. The Bertz CT molecular complexity index is 1350. The second-order valence-corrected chi connectivity index (χ2v) is 15.8. The van der Waals surface area contributed by atoms with Crippen LogP contribution in [-0.2, 0) is 24.7 Å². The molecule has 3 amide bonds. The first kappa shape index (κ1) is 27.1. The Morgan fingerprint density at radius 2 is 1.88 bits per heavy atom. The Balaban J connectivity index is 1.45. The van der Waals surface area contributed by atoms with Gasteiger partial charge in [-0.15, -0.1) is 0 Å². The quantitative estimate of drug-likeness (QED) is 0.321. The number of hydrogen-bond acceptors (Lipinski definition) is 5. The maximum absolute atomic E-state index is 16.2. The molecule has 10 heteroatoms. The lowest BCUT2D eigenvalue weighted by molar-refractivity contribution is -0.149. The lowest BCUT2D eigenvalue weighted by atomic mass is 9.82. The number of para-hydroxylation sites is 1. The molecule has 3 saturated heterocycles. The molecule has 4 aliphatic heterocycles. The summed E-state index contributed by atoms with van der Waals surface area (Å²) in [5.74, 6) is -1.02. The van der Waals surface area contributed by atoms with Crippen LogP contribution in [0.3, 0.4) is 0 Å². The number of benzene rings is 2. The van der Waals surface area contributed by atoms with E-state index in [1.54, 1.807) is 27.8 Å². The molecule has 0 saturated carbocycles. The van der Waals surface area contributed by atoms with E-state index in [0.717, 1.165) is 12.8 Å². The van der Waals surface area contributed by atoms with Crippen LogP contribution >= 0.6 is 0 Å². The Hall–Kier alpha value is -3.08. The molecule has 2 aromatic carbocycles. The fourth-order valence-electron chi connectivity index (χ4n) is 7.39. The first-order valence-electron chi connectivity index (χ1n) is 14.2. The van der Waals surface area contributed by atoms with Crippen molar-refractivity contribution in [3.05, 3.63) is 54.1 Å². The molecule has 5 atom stereocenters. The number of likely N-dealkylation sites (tertiary alicyclic amines) is 1. The number of halogens is 1. The summed E-state index contributed by atoms with van der Waals surface area (Å²) in [6, 6.07) is 14.6. The standard InChI is InChI=1S/C30H36FN3O5Si/c1-19-28(40(2,3)31)25(17-27(37)32-14-7-10-22(32)18-35)39-30(19)23-16-21(33-15-13-26(33)36)11-12-24(23)34(29(30)38)20-8-5-4-6-9-20/h4-6,8-9,11-12,16,19,22,25,28,35H,7,10,13-15,17-18H2,1-3H3/t19-,22+,25+,28-,30+/m1/s1. The number of ether oxygens (including phenoxy) is 1. The van der Waals surface area contributed by atoms with Crippen molar-refractivity contribution in [3.63, 3.8) is 0 Å². The monoisotopic (exact) mass is 565 g/mol. The van der Waals surface area contributed by atoms with E-state index in [0.29, 0.717) is 42.1 Å². The fraction of sp³-hybridized carbons (Fsp3) is 0.500. The molecule has 6 rings (SSSR count). The highest BCUT2D eigenvalue weighted by Gasteiger charge is 2.67. The van der Waals surface area contributed by atoms with Gasteiger partial charge in [-0.2, -0.15) is 0 Å². The van der Waals surface area contributed by atoms with Gasteiger partial charge in [0.25, 0.3) is 5.91 Å². The molecule has 1 N–H and O–H groups in total. The number of carbonyl (C=O) groups excluding carboxylic acids is 3. The van der Waals surface area contributed by atoms with Crippen molar-refractivity contribution >= 4 is 43.2 Å². The Kier molecular flexibility index (Phi) is 6.63. The summed E-state index contributed by atoms with van der Waals surface area (Å²) in [5.41, 5.74) is 0.493. The van der Waals surface area contributed by atoms with Crippen molar-refractivity contribution in [1.82, 2.24) is 4.90 Å². The molecule has 0 radical (unpaired) electrons. The average Bonchev–Trinajstić information content (AvgIpc) is 3.57. The molecule has 4 heterocycles. The lowest BCUT2D eigenvalue weighted by Gasteiger charge is -2.33. The van der Waals surface area contributed by atoms with Crippen molar-refractivity contribution in [2.75, 3.05) is 29.5 Å². The van der Waals surface area contributed by atoms with Crippen molar-refractivity contribution in [2.45, 2.75) is 69.0 Å². The largest absolute Gasteiger partial charge is 0.394 e. The molecule has 0 bridgehead atoms. The molecule has 4 aliphatic rings. The predicted octanol–water partition coefficient (Wildman–Crippen LogP) is 4.25. The Morgan fingerprint density at radius 3 is 2.50 bits per heavy atom. The van der Waals surface area contributed by atoms with Crippen molar-refractivity contribution in [2.24, 2.45) is 5.92 Å². The van der Waals surface area contributed by atoms with Gasteiger partial charge in [0, 0.05) is 47.9 Å². The molecule has 3 fully saturated rings. The number of aliphatic hydroxyl groups excluding tert-OH is 1. The highest BCUT2D eigenvalue weighted by Crippen LogP contribution is 2.61. The molecule has 0 aliphatic carbocycles. The van der Waals surface area contributed by atoms with E-state index in [4.69, 9.17) is 4.74 Å². The number of nitrogens with zero attached hydrogens (tertiary/aromatic N) is 3. The van der Waals surface area contributed by atoms with Crippen LogP contribution in [0.4, 0.5) is 21.2 Å². The third-order valence-electron chi connectivity index (χ3n) is 9.31. The second-order valence-electron chi connectivity index (χ2n) is 12.0. The molecule has 40 heavy (non-hydrogen) atoms. The van der Waals surface area contributed by atoms with Gasteiger partial charge in [0.15, 0.2) is 5.60 Å². The molecular formula is C30H36FN3O5Si. The maximum atomic E-state index is 16.2. The number of aliphatic hydroxyl groups is 1. The van der Waals surface area contributed by atoms with E-state index in [-0.39, 0.29) is 36.8 Å². The minimum absolute atomic E-state index is 0.0151. The molecule has 0 aromatic heterocycles. The summed E-state index contributed by atoms with van der Waals surface area (Å²) in [5, 5.41) is 9.78. The third kappa shape index (κ3) is 4.02. The van der Waals surface area contributed by atoms with Crippen molar-refractivity contribution < 1.29 is 28.3 Å². The zero-order valence-electron chi connectivity index (χ0n) is 23.2. The molecule has 8 nitrogen and oxygen atoms in total. The van der Waals surface area contributed by atoms with E-state index >= 15 is 4.11 Å². The van der Waals surface area contributed by atoms with Gasteiger partial charge in [-0.05, 0) is 56.3 Å². The Labute approximate surface area is 234 Å². The van der Waals surface area contributed by atoms with Gasteiger partial charge in [0.2, 0.25) is 20.2 Å². The zero-order valence-corrected chi connectivity index (χ0v) is 24.2. The van der Waals surface area contributed by atoms with Crippen LogP contribution in [0.25, 0.3) is 0 Å². The highest BCUT2D eigenvalue weighted by atomic mass is 28.4. The summed E-state index contributed by atoms with van der Waals surface area (Å²) in [7, 11) is -3.45. The summed E-state index contributed by atoms with van der Waals surface area (Å²) in [4.78, 5) is 45.3. The minimum Gasteiger partial charge on any atom is -0.394 e. The van der Waals surface area contributed by atoms with Gasteiger partial charge in [-0.25, -0.2) is 0 Å². The first-order chi connectivity index (χ1) is 19.1. The van der Waals surface area contributed by atoms with Crippen LogP contribution in [0.5, 0.6) is 0 Å². The molecule has 0 unspecified atom stereocenters. The van der Waals surface area contributed by atoms with E-state index in [2.05, 4.69) is 0 Å². The van der Waals surface area contributed by atoms with E-state index in [1.807, 2.05) is 55.5 Å². The SMILES string of the molecule is C[C@@H]1[C@@H]([Si](C)(C)F)[C@H](CC(=O)N2CCC[C@H]2CO)O[C@@]12C(=O)N(c1ccccc1)c1ccc(N3CCC3=O)cc12. The zero-order chi connectivity index (χ0) is 28.4. The summed E-state index contributed by atoms with van der Waals surface area (Å²) in [6.07, 6.45) is 1.17. The van der Waals surface area contributed by atoms with E-state index < -0.39 is 31.6 Å². The lowest BCUT2D eigenvalue weighted by Crippen LogP contribution is -2.45. The van der Waals surface area contributed by atoms with Gasteiger partial charge in [0.1, 0.15) is 0 Å². The number of amides is 3. The molecule has 2 aromatic rings. The normalized spacial score (nSPS) is 29.9. The van der Waals surface area contributed by atoms with Crippen LogP contribution in [0.1, 0.15) is 38.2 Å². The molecular weight excluding hydrogens is 529 g/mol. The number of anilines is 3. The fourth-order valence-corrected chi connectivity index (χ4v) is 9.89. The van der Waals surface area contributed by atoms with E-state index in [9.17, 15) is 19.5 Å². The van der Waals surface area contributed by atoms with Crippen LogP contribution in [0.2, 0.25) is 18.6 Å². The summed E-state index contributed by atoms with van der Waals surface area (Å²) >= 11 is 0. The van der Waals surface area contributed by atoms with Crippen LogP contribution in [0, 0.1) is 5.92 Å². The molecule has 1 spiro atoms. The minimum atomic E-state index is -3.45. The van der Waals surface area contributed by atoms with Crippen molar-refractivity contribution in [3.8, 4) is 0 Å². The number of hydrogen-bond donors (Lipinski definition) is 1. The summed E-state index contributed by atoms with van der Waals surface area (Å²) in [6.45, 7) is 6.14. The third-order valence-corrected chi connectivity index (χ3v) is 11.8. The average molecular weight is 566 g/mol. The van der Waals surface area contributed by atoms with Crippen LogP contribution in [-0.4, -0.2) is 68.0 Å². The van der Waals surface area contributed by atoms with Crippen LogP contribution < -0.4 is 9.80 Å². The highest BCUT2D eigenvalue weighted by molar-refractivity contribution is 6.72. The number of rotatable bonds is 6. The van der Waals surface area contributed by atoms with Crippen molar-refractivity contribution in [1.29, 1.82) is 0 Å². The molecule has 212 valence electrons. The summed E-state index contributed by atoms with van der Waals surface area (Å²) < 4.78 is 22.9. The number of fused-ring (bicyclic) bond motifs is 2. The predicted molar refractivity (Wildman–Crippen MR) is 151 cm³/mol. The van der Waals surface area contributed by atoms with Gasteiger partial charge in [0.05, 0.1) is 30.9 Å². The van der Waals surface area contributed by atoms with Gasteiger partial charge in [-0.3, -0.25) is 19.3 Å². The van der Waals surface area contributed by atoms with Gasteiger partial charge >= 0.3 is 0 Å². The van der Waals surface area contributed by atoms with E-state index in [1.165, 1.54) is 0 Å². The van der Waals surface area contributed by atoms with Gasteiger partial charge < -0.3 is 23.8 Å². The Morgan fingerprint density at radius 1 is 1.12 bits per heavy atom. The smallest absolute Gasteiger partial charge is 0.268 e. The second kappa shape index (κ2) is 9.78. The van der Waals surface area contributed by atoms with Crippen LogP contribution in [0.15, 0.2) is 48.5 Å². The van der Waals surface area contributed by atoms with Gasteiger partial charge in [-0.1, -0.05) is 25.1 Å².